The minimum absolute atomic E-state index is 0.0857. The SMILES string of the molecule is COC1CCN(C(=O)NC2CCN(C(C)C)CC2)C1. The van der Waals surface area contributed by atoms with E-state index in [1.54, 1.807) is 7.11 Å². The van der Waals surface area contributed by atoms with E-state index >= 15 is 0 Å². The van der Waals surface area contributed by atoms with Gasteiger partial charge in [-0.25, -0.2) is 4.79 Å². The Morgan fingerprint density at radius 3 is 2.42 bits per heavy atom. The van der Waals surface area contributed by atoms with Gasteiger partial charge in [0.05, 0.1) is 6.10 Å². The highest BCUT2D eigenvalue weighted by atomic mass is 16.5. The van der Waals surface area contributed by atoms with E-state index in [4.69, 9.17) is 4.74 Å². The summed E-state index contributed by atoms with van der Waals surface area (Å²) < 4.78 is 5.29. The van der Waals surface area contributed by atoms with E-state index in [0.29, 0.717) is 12.1 Å². The van der Waals surface area contributed by atoms with Crippen molar-refractivity contribution in [2.45, 2.75) is 51.3 Å². The summed E-state index contributed by atoms with van der Waals surface area (Å²) in [5.74, 6) is 0. The summed E-state index contributed by atoms with van der Waals surface area (Å²) in [5, 5.41) is 3.17. The predicted molar refractivity (Wildman–Crippen MR) is 75.2 cm³/mol. The van der Waals surface area contributed by atoms with Gasteiger partial charge in [0, 0.05) is 45.4 Å². The van der Waals surface area contributed by atoms with Crippen LogP contribution >= 0.6 is 0 Å². The van der Waals surface area contributed by atoms with Crippen LogP contribution in [0.15, 0.2) is 0 Å². The summed E-state index contributed by atoms with van der Waals surface area (Å²) >= 11 is 0. The highest BCUT2D eigenvalue weighted by Crippen LogP contribution is 2.15. The van der Waals surface area contributed by atoms with Gasteiger partial charge in [0.25, 0.3) is 0 Å². The third-order valence-corrected chi connectivity index (χ3v) is 4.35. The van der Waals surface area contributed by atoms with Gasteiger partial charge in [0.2, 0.25) is 0 Å². The summed E-state index contributed by atoms with van der Waals surface area (Å²) in [5.41, 5.74) is 0. The van der Waals surface area contributed by atoms with Crippen LogP contribution in [0.2, 0.25) is 0 Å². The van der Waals surface area contributed by atoms with E-state index in [1.165, 1.54) is 0 Å². The molecule has 110 valence electrons. The Kier molecular flexibility index (Phi) is 5.05. The van der Waals surface area contributed by atoms with E-state index in [-0.39, 0.29) is 12.1 Å². The Labute approximate surface area is 116 Å². The second-order valence-corrected chi connectivity index (χ2v) is 5.95. The number of ether oxygens (including phenoxy) is 1. The molecule has 0 aromatic carbocycles. The molecular formula is C14H27N3O2. The Morgan fingerprint density at radius 1 is 1.21 bits per heavy atom. The van der Waals surface area contributed by atoms with E-state index in [9.17, 15) is 4.79 Å². The fraction of sp³-hybridized carbons (Fsp3) is 0.929. The molecule has 1 atom stereocenters. The fourth-order valence-electron chi connectivity index (χ4n) is 2.93. The van der Waals surface area contributed by atoms with Crippen molar-refractivity contribution < 1.29 is 9.53 Å². The van der Waals surface area contributed by atoms with Crippen molar-refractivity contribution in [3.8, 4) is 0 Å². The maximum atomic E-state index is 12.1. The van der Waals surface area contributed by atoms with Gasteiger partial charge in [0.15, 0.2) is 0 Å². The third kappa shape index (κ3) is 3.83. The summed E-state index contributed by atoms with van der Waals surface area (Å²) in [6, 6.07) is 1.03. The van der Waals surface area contributed by atoms with Gasteiger partial charge in [0.1, 0.15) is 0 Å². The minimum Gasteiger partial charge on any atom is -0.380 e. The first-order valence-electron chi connectivity index (χ1n) is 7.42. The monoisotopic (exact) mass is 269 g/mol. The zero-order valence-corrected chi connectivity index (χ0v) is 12.4. The van der Waals surface area contributed by atoms with Crippen LogP contribution in [0.4, 0.5) is 4.79 Å². The van der Waals surface area contributed by atoms with Crippen LogP contribution in [-0.4, -0.2) is 67.3 Å². The quantitative estimate of drug-likeness (QED) is 0.839. The van der Waals surface area contributed by atoms with Gasteiger partial charge in [-0.15, -0.1) is 0 Å². The first kappa shape index (κ1) is 14.6. The summed E-state index contributed by atoms with van der Waals surface area (Å²) in [4.78, 5) is 16.5. The molecule has 2 aliphatic rings. The number of piperidine rings is 1. The first-order valence-corrected chi connectivity index (χ1v) is 7.42. The standard InChI is InChI=1S/C14H27N3O2/c1-11(2)16-7-4-12(5-8-16)15-14(18)17-9-6-13(10-17)19-3/h11-13H,4-10H2,1-3H3,(H,15,18). The van der Waals surface area contributed by atoms with Gasteiger partial charge >= 0.3 is 6.03 Å². The number of rotatable bonds is 3. The first-order chi connectivity index (χ1) is 9.10. The molecule has 0 aliphatic carbocycles. The van der Waals surface area contributed by atoms with Crippen molar-refractivity contribution in [1.82, 2.24) is 15.1 Å². The molecule has 2 rings (SSSR count). The predicted octanol–water partition coefficient (Wildman–Crippen LogP) is 1.29. The zero-order valence-electron chi connectivity index (χ0n) is 12.4. The van der Waals surface area contributed by atoms with Gasteiger partial charge in [-0.1, -0.05) is 0 Å². The van der Waals surface area contributed by atoms with E-state index in [2.05, 4.69) is 24.1 Å². The molecule has 0 saturated carbocycles. The molecule has 0 aromatic heterocycles. The van der Waals surface area contributed by atoms with E-state index < -0.39 is 0 Å². The third-order valence-electron chi connectivity index (χ3n) is 4.35. The number of methoxy groups -OCH3 is 1. The number of nitrogens with zero attached hydrogens (tertiary/aromatic N) is 2. The smallest absolute Gasteiger partial charge is 0.317 e. The van der Waals surface area contributed by atoms with Crippen LogP contribution in [0.1, 0.15) is 33.1 Å². The second-order valence-electron chi connectivity index (χ2n) is 5.95. The summed E-state index contributed by atoms with van der Waals surface area (Å²) in [6.45, 7) is 8.18. The molecule has 0 bridgehead atoms. The lowest BCUT2D eigenvalue weighted by Gasteiger charge is -2.35. The molecule has 19 heavy (non-hydrogen) atoms. The minimum atomic E-state index is 0.0857. The zero-order chi connectivity index (χ0) is 13.8. The second kappa shape index (κ2) is 6.57. The van der Waals surface area contributed by atoms with E-state index in [0.717, 1.165) is 45.4 Å². The van der Waals surface area contributed by atoms with Crippen LogP contribution < -0.4 is 5.32 Å². The number of likely N-dealkylation sites (tertiary alicyclic amines) is 2. The van der Waals surface area contributed by atoms with Crippen molar-refractivity contribution in [1.29, 1.82) is 0 Å². The average Bonchev–Trinajstić information content (AvgIpc) is 2.88. The normalized spacial score (nSPS) is 26.1. The van der Waals surface area contributed by atoms with Crippen LogP contribution in [-0.2, 0) is 4.74 Å². The molecule has 2 fully saturated rings. The van der Waals surface area contributed by atoms with Crippen molar-refractivity contribution in [3.05, 3.63) is 0 Å². The average molecular weight is 269 g/mol. The van der Waals surface area contributed by atoms with Gasteiger partial charge in [-0.3, -0.25) is 0 Å². The number of urea groups is 1. The lowest BCUT2D eigenvalue weighted by Crippen LogP contribution is -2.50. The van der Waals surface area contributed by atoms with Crippen LogP contribution in [0, 0.1) is 0 Å². The molecule has 0 aromatic rings. The lowest BCUT2D eigenvalue weighted by molar-refractivity contribution is 0.109. The topological polar surface area (TPSA) is 44.8 Å². The molecular weight excluding hydrogens is 242 g/mol. The molecule has 0 radical (unpaired) electrons. The Morgan fingerprint density at radius 2 is 1.89 bits per heavy atom. The lowest BCUT2D eigenvalue weighted by atomic mass is 10.0. The molecule has 0 spiro atoms. The number of nitrogens with one attached hydrogen (secondary N) is 1. The van der Waals surface area contributed by atoms with Gasteiger partial charge in [-0.05, 0) is 33.1 Å². The van der Waals surface area contributed by atoms with Crippen LogP contribution in [0.25, 0.3) is 0 Å². The maximum Gasteiger partial charge on any atom is 0.317 e. The van der Waals surface area contributed by atoms with Crippen molar-refractivity contribution in [2.24, 2.45) is 0 Å². The van der Waals surface area contributed by atoms with Gasteiger partial charge in [-0.2, -0.15) is 0 Å². The summed E-state index contributed by atoms with van der Waals surface area (Å²) in [7, 11) is 1.72. The Hall–Kier alpha value is -0.810. The summed E-state index contributed by atoms with van der Waals surface area (Å²) in [6.07, 6.45) is 3.29. The number of amides is 2. The van der Waals surface area contributed by atoms with Crippen LogP contribution in [0.5, 0.6) is 0 Å². The van der Waals surface area contributed by atoms with Gasteiger partial charge < -0.3 is 19.9 Å². The molecule has 5 nitrogen and oxygen atoms in total. The number of hydrogen-bond donors (Lipinski definition) is 1. The van der Waals surface area contributed by atoms with Crippen LogP contribution in [0.3, 0.4) is 0 Å². The number of hydrogen-bond acceptors (Lipinski definition) is 3. The fourth-order valence-corrected chi connectivity index (χ4v) is 2.93. The Bertz CT molecular complexity index is 301. The maximum absolute atomic E-state index is 12.1. The molecule has 2 amide bonds. The highest BCUT2D eigenvalue weighted by molar-refractivity contribution is 5.74. The Balaban J connectivity index is 1.72. The number of carbonyl (C=O) groups is 1. The molecule has 1 unspecified atom stereocenters. The molecule has 1 N–H and O–H groups in total. The largest absolute Gasteiger partial charge is 0.380 e. The van der Waals surface area contributed by atoms with Crippen molar-refractivity contribution in [2.75, 3.05) is 33.3 Å². The molecule has 2 aliphatic heterocycles. The van der Waals surface area contributed by atoms with Crippen molar-refractivity contribution >= 4 is 6.03 Å². The van der Waals surface area contributed by atoms with E-state index in [1.807, 2.05) is 4.90 Å². The van der Waals surface area contributed by atoms with Crippen molar-refractivity contribution in [3.63, 3.8) is 0 Å². The number of carbonyl (C=O) groups excluding carboxylic acids is 1. The molecule has 2 saturated heterocycles. The highest BCUT2D eigenvalue weighted by Gasteiger charge is 2.28. The molecule has 5 heteroatoms. The molecule has 2 heterocycles.